The first-order valence-electron chi connectivity index (χ1n) is 6.76. The molecule has 0 aliphatic heterocycles. The van der Waals surface area contributed by atoms with E-state index in [4.69, 9.17) is 4.74 Å². The van der Waals surface area contributed by atoms with Gasteiger partial charge in [-0.1, -0.05) is 46.3 Å². The van der Waals surface area contributed by atoms with E-state index in [1.54, 1.807) is 7.11 Å². The predicted molar refractivity (Wildman–Crippen MR) is 87.1 cm³/mol. The van der Waals surface area contributed by atoms with Crippen LogP contribution in [0, 0.1) is 0 Å². The molecule has 0 amide bonds. The van der Waals surface area contributed by atoms with E-state index in [2.05, 4.69) is 65.4 Å². The molecule has 0 fully saturated rings. The van der Waals surface area contributed by atoms with Gasteiger partial charge in [-0.3, -0.25) is 0 Å². The Labute approximate surface area is 129 Å². The summed E-state index contributed by atoms with van der Waals surface area (Å²) in [6.45, 7) is 4.35. The van der Waals surface area contributed by atoms with E-state index in [0.717, 1.165) is 10.2 Å². The molecule has 0 saturated heterocycles. The average molecular weight is 334 g/mol. The van der Waals surface area contributed by atoms with Gasteiger partial charge in [-0.25, -0.2) is 0 Å². The molecule has 3 heteroatoms. The van der Waals surface area contributed by atoms with Crippen molar-refractivity contribution in [1.29, 1.82) is 0 Å². The lowest BCUT2D eigenvalue weighted by molar-refractivity contribution is 0.412. The van der Waals surface area contributed by atoms with Crippen molar-refractivity contribution in [2.75, 3.05) is 7.11 Å². The number of hydrogen-bond acceptors (Lipinski definition) is 2. The molecule has 1 N–H and O–H groups in total. The van der Waals surface area contributed by atoms with E-state index >= 15 is 0 Å². The predicted octanol–water partition coefficient (Wildman–Crippen LogP) is 4.87. The molecular weight excluding hydrogens is 314 g/mol. The van der Waals surface area contributed by atoms with E-state index in [1.165, 1.54) is 11.1 Å². The lowest BCUT2D eigenvalue weighted by Crippen LogP contribution is -2.22. The van der Waals surface area contributed by atoms with Crippen LogP contribution in [0.25, 0.3) is 0 Å². The molecule has 2 nitrogen and oxygen atoms in total. The molecule has 2 aromatic rings. The molecular formula is C17H20BrNO. The number of hydrogen-bond donors (Lipinski definition) is 1. The van der Waals surface area contributed by atoms with Crippen molar-refractivity contribution in [2.45, 2.75) is 25.9 Å². The smallest absolute Gasteiger partial charge is 0.119 e. The second-order valence-electron chi connectivity index (χ2n) is 4.91. The molecule has 0 bridgehead atoms. The number of benzene rings is 2. The summed E-state index contributed by atoms with van der Waals surface area (Å²) in [4.78, 5) is 0. The van der Waals surface area contributed by atoms with E-state index in [1.807, 2.05) is 18.2 Å². The van der Waals surface area contributed by atoms with Crippen molar-refractivity contribution in [1.82, 2.24) is 5.32 Å². The van der Waals surface area contributed by atoms with Gasteiger partial charge in [-0.05, 0) is 43.2 Å². The highest BCUT2D eigenvalue weighted by molar-refractivity contribution is 9.10. The molecule has 2 aromatic carbocycles. The third-order valence-electron chi connectivity index (χ3n) is 3.47. The van der Waals surface area contributed by atoms with Gasteiger partial charge in [0, 0.05) is 16.6 Å². The van der Waals surface area contributed by atoms with Crippen LogP contribution in [0.5, 0.6) is 5.75 Å². The molecule has 20 heavy (non-hydrogen) atoms. The van der Waals surface area contributed by atoms with Gasteiger partial charge in [0.25, 0.3) is 0 Å². The second kappa shape index (κ2) is 6.91. The fourth-order valence-corrected chi connectivity index (χ4v) is 2.93. The summed E-state index contributed by atoms with van der Waals surface area (Å²) >= 11 is 3.61. The number of halogens is 1. The molecule has 106 valence electrons. The zero-order valence-corrected chi connectivity index (χ0v) is 13.6. The van der Waals surface area contributed by atoms with Gasteiger partial charge in [0.05, 0.1) is 7.11 Å². The number of rotatable bonds is 5. The van der Waals surface area contributed by atoms with E-state index in [-0.39, 0.29) is 12.1 Å². The SMILES string of the molecule is COc1cccc([C@H](C)NC(C)c2ccccc2Br)c1. The van der Waals surface area contributed by atoms with Crippen LogP contribution in [-0.2, 0) is 0 Å². The summed E-state index contributed by atoms with van der Waals surface area (Å²) in [5, 5.41) is 3.62. The molecule has 0 spiro atoms. The molecule has 0 aliphatic rings. The maximum absolute atomic E-state index is 5.28. The van der Waals surface area contributed by atoms with Gasteiger partial charge in [0.1, 0.15) is 5.75 Å². The van der Waals surface area contributed by atoms with Gasteiger partial charge in [0.15, 0.2) is 0 Å². The molecule has 2 atom stereocenters. The monoisotopic (exact) mass is 333 g/mol. The Morgan fingerprint density at radius 2 is 1.75 bits per heavy atom. The van der Waals surface area contributed by atoms with Crippen LogP contribution in [0.3, 0.4) is 0 Å². The second-order valence-corrected chi connectivity index (χ2v) is 5.76. The zero-order chi connectivity index (χ0) is 14.5. The van der Waals surface area contributed by atoms with E-state index in [9.17, 15) is 0 Å². The van der Waals surface area contributed by atoms with Crippen molar-refractivity contribution in [3.05, 3.63) is 64.1 Å². The highest BCUT2D eigenvalue weighted by Gasteiger charge is 2.13. The third kappa shape index (κ3) is 3.62. The first-order chi connectivity index (χ1) is 9.61. The molecule has 0 aromatic heterocycles. The lowest BCUT2D eigenvalue weighted by atomic mass is 10.0. The van der Waals surface area contributed by atoms with Crippen molar-refractivity contribution < 1.29 is 4.74 Å². The molecule has 2 rings (SSSR count). The number of methoxy groups -OCH3 is 1. The normalized spacial score (nSPS) is 13.8. The topological polar surface area (TPSA) is 21.3 Å². The Morgan fingerprint density at radius 1 is 1.00 bits per heavy atom. The maximum atomic E-state index is 5.28. The third-order valence-corrected chi connectivity index (χ3v) is 4.19. The van der Waals surface area contributed by atoms with Crippen LogP contribution < -0.4 is 10.1 Å². The number of nitrogens with one attached hydrogen (secondary N) is 1. The highest BCUT2D eigenvalue weighted by Crippen LogP contribution is 2.26. The van der Waals surface area contributed by atoms with Gasteiger partial charge in [-0.2, -0.15) is 0 Å². The van der Waals surface area contributed by atoms with Gasteiger partial charge in [0.2, 0.25) is 0 Å². The van der Waals surface area contributed by atoms with Crippen molar-refractivity contribution in [2.24, 2.45) is 0 Å². The van der Waals surface area contributed by atoms with E-state index in [0.29, 0.717) is 0 Å². The molecule has 0 radical (unpaired) electrons. The molecule has 0 aliphatic carbocycles. The first kappa shape index (κ1) is 15.1. The quantitative estimate of drug-likeness (QED) is 0.842. The summed E-state index contributed by atoms with van der Waals surface area (Å²) in [5.74, 6) is 0.893. The van der Waals surface area contributed by atoms with Crippen molar-refractivity contribution in [3.8, 4) is 5.75 Å². The summed E-state index contributed by atoms with van der Waals surface area (Å²) in [6.07, 6.45) is 0. The Balaban J connectivity index is 2.11. The summed E-state index contributed by atoms with van der Waals surface area (Å²) < 4.78 is 6.42. The Kier molecular flexibility index (Phi) is 5.21. The molecule has 0 saturated carbocycles. The van der Waals surface area contributed by atoms with Crippen LogP contribution in [0.1, 0.15) is 37.1 Å². The molecule has 1 unspecified atom stereocenters. The standard InChI is InChI=1S/C17H20BrNO/c1-12(14-7-6-8-15(11-14)20-3)19-13(2)16-9-4-5-10-17(16)18/h4-13,19H,1-3H3/t12-,13?/m0/s1. The number of ether oxygens (including phenoxy) is 1. The Bertz CT molecular complexity index is 570. The average Bonchev–Trinajstić information content (AvgIpc) is 2.47. The van der Waals surface area contributed by atoms with Crippen LogP contribution in [0.4, 0.5) is 0 Å². The highest BCUT2D eigenvalue weighted by atomic mass is 79.9. The van der Waals surface area contributed by atoms with Gasteiger partial charge < -0.3 is 10.1 Å². The minimum Gasteiger partial charge on any atom is -0.497 e. The fourth-order valence-electron chi connectivity index (χ4n) is 2.30. The summed E-state index contributed by atoms with van der Waals surface area (Å²) in [7, 11) is 1.70. The minimum absolute atomic E-state index is 0.257. The van der Waals surface area contributed by atoms with Crippen molar-refractivity contribution in [3.63, 3.8) is 0 Å². The van der Waals surface area contributed by atoms with Crippen LogP contribution in [0.15, 0.2) is 53.0 Å². The Hall–Kier alpha value is -1.32. The Morgan fingerprint density at radius 3 is 2.45 bits per heavy atom. The maximum Gasteiger partial charge on any atom is 0.119 e. The van der Waals surface area contributed by atoms with Crippen LogP contribution >= 0.6 is 15.9 Å². The van der Waals surface area contributed by atoms with Crippen LogP contribution in [0.2, 0.25) is 0 Å². The van der Waals surface area contributed by atoms with Gasteiger partial charge in [-0.15, -0.1) is 0 Å². The summed E-state index contributed by atoms with van der Waals surface area (Å²) in [6, 6.07) is 17.0. The van der Waals surface area contributed by atoms with Crippen LogP contribution in [-0.4, -0.2) is 7.11 Å². The molecule has 0 heterocycles. The fraction of sp³-hybridized carbons (Fsp3) is 0.294. The largest absolute Gasteiger partial charge is 0.497 e. The minimum atomic E-state index is 0.257. The summed E-state index contributed by atoms with van der Waals surface area (Å²) in [5.41, 5.74) is 2.49. The van der Waals surface area contributed by atoms with E-state index < -0.39 is 0 Å². The zero-order valence-electron chi connectivity index (χ0n) is 12.1. The lowest BCUT2D eigenvalue weighted by Gasteiger charge is -2.22. The van der Waals surface area contributed by atoms with Crippen molar-refractivity contribution >= 4 is 15.9 Å². The first-order valence-corrected chi connectivity index (χ1v) is 7.55. The van der Waals surface area contributed by atoms with Gasteiger partial charge >= 0.3 is 0 Å².